The van der Waals surface area contributed by atoms with Crippen LogP contribution in [0, 0.1) is 11.7 Å². The molecule has 1 heterocycles. The number of nitrogens with zero attached hydrogens (tertiary/aromatic N) is 1. The highest BCUT2D eigenvalue weighted by Crippen LogP contribution is 2.47. The Morgan fingerprint density at radius 2 is 1.37 bits per heavy atom. The highest BCUT2D eigenvalue weighted by atomic mass is 31.2. The van der Waals surface area contributed by atoms with Crippen LogP contribution in [0.1, 0.15) is 42.5 Å². The molecule has 7 nitrogen and oxygen atoms in total. The van der Waals surface area contributed by atoms with Crippen LogP contribution in [0.25, 0.3) is 22.3 Å². The highest BCUT2D eigenvalue weighted by Gasteiger charge is 2.42. The Labute approximate surface area is 266 Å². The number of anilines is 1. The van der Waals surface area contributed by atoms with E-state index in [1.165, 1.54) is 24.3 Å². The van der Waals surface area contributed by atoms with E-state index in [4.69, 9.17) is 0 Å². The summed E-state index contributed by atoms with van der Waals surface area (Å²) in [6.45, 7) is 0. The van der Waals surface area contributed by atoms with E-state index >= 15 is 0 Å². The Bertz CT molecular complexity index is 1880. The zero-order chi connectivity index (χ0) is 32.4. The Morgan fingerprint density at radius 1 is 0.783 bits per heavy atom. The molecule has 6 rings (SSSR count). The molecule has 1 amide bonds. The molecule has 0 bridgehead atoms. The van der Waals surface area contributed by atoms with Gasteiger partial charge in [-0.25, -0.2) is 4.39 Å². The van der Waals surface area contributed by atoms with Crippen molar-refractivity contribution < 1.29 is 33.7 Å². The van der Waals surface area contributed by atoms with Crippen LogP contribution in [0.5, 0.6) is 5.75 Å². The van der Waals surface area contributed by atoms with Crippen LogP contribution in [-0.2, 0) is 9.36 Å². The van der Waals surface area contributed by atoms with Gasteiger partial charge in [-0.1, -0.05) is 78.9 Å². The molecule has 9 heteroatoms. The maximum atomic E-state index is 13.7. The summed E-state index contributed by atoms with van der Waals surface area (Å²) in [6.07, 6.45) is 0.180. The van der Waals surface area contributed by atoms with Crippen LogP contribution in [0.15, 0.2) is 121 Å². The lowest BCUT2D eigenvalue weighted by atomic mass is 9.86. The number of carbonyl (C=O) groups is 1. The molecule has 1 fully saturated rings. The average Bonchev–Trinajstić information content (AvgIpc) is 3.39. The second-order valence-corrected chi connectivity index (χ2v) is 13.2. The average molecular weight is 638 g/mol. The van der Waals surface area contributed by atoms with Crippen LogP contribution in [0.2, 0.25) is 0 Å². The molecule has 46 heavy (non-hydrogen) atoms. The van der Waals surface area contributed by atoms with Crippen LogP contribution in [-0.4, -0.2) is 25.9 Å². The van der Waals surface area contributed by atoms with E-state index < -0.39 is 19.7 Å². The van der Waals surface area contributed by atoms with Gasteiger partial charge in [0.25, 0.3) is 0 Å². The fourth-order valence-electron chi connectivity index (χ4n) is 6.25. The third-order valence-electron chi connectivity index (χ3n) is 8.63. The second kappa shape index (κ2) is 13.0. The van der Waals surface area contributed by atoms with E-state index in [1.54, 1.807) is 41.3 Å². The molecule has 3 atom stereocenters. The Morgan fingerprint density at radius 3 is 2.00 bits per heavy atom. The van der Waals surface area contributed by atoms with Gasteiger partial charge in [0.05, 0.1) is 17.5 Å². The van der Waals surface area contributed by atoms with Gasteiger partial charge in [-0.15, -0.1) is 0 Å². The monoisotopic (exact) mass is 637 g/mol. The molecule has 0 unspecified atom stereocenters. The predicted octanol–water partition coefficient (Wildman–Crippen LogP) is 7.28. The third kappa shape index (κ3) is 6.66. The number of halogens is 1. The predicted molar refractivity (Wildman–Crippen MR) is 176 cm³/mol. The number of phenolic OH excluding ortho intramolecular Hbond substituents is 1. The quantitative estimate of drug-likeness (QED) is 0.126. The molecule has 1 aliphatic heterocycles. The second-order valence-electron chi connectivity index (χ2n) is 11.6. The molecular formula is C37H33FNO6P. The van der Waals surface area contributed by atoms with Crippen molar-refractivity contribution in [1.82, 2.24) is 0 Å². The summed E-state index contributed by atoms with van der Waals surface area (Å²) in [5.74, 6) is -0.750. The van der Waals surface area contributed by atoms with Crippen molar-refractivity contribution in [3.05, 3.63) is 138 Å². The van der Waals surface area contributed by atoms with Gasteiger partial charge in [-0.2, -0.15) is 0 Å². The van der Waals surface area contributed by atoms with E-state index in [0.717, 1.165) is 11.1 Å². The smallest absolute Gasteiger partial charge is 0.356 e. The van der Waals surface area contributed by atoms with E-state index in [1.807, 2.05) is 60.7 Å². The summed E-state index contributed by atoms with van der Waals surface area (Å²) < 4.78 is 25.1. The van der Waals surface area contributed by atoms with E-state index in [-0.39, 0.29) is 35.1 Å². The zero-order valence-electron chi connectivity index (χ0n) is 24.8. The lowest BCUT2D eigenvalue weighted by Gasteiger charge is -2.30. The number of benzene rings is 5. The van der Waals surface area contributed by atoms with Crippen molar-refractivity contribution >= 4 is 24.5 Å². The molecule has 0 aliphatic carbocycles. The molecule has 1 aliphatic rings. The first-order chi connectivity index (χ1) is 22.1. The number of amides is 1. The maximum Gasteiger partial charge on any atom is 0.356 e. The lowest BCUT2D eigenvalue weighted by molar-refractivity contribution is -0.117. The van der Waals surface area contributed by atoms with Crippen molar-refractivity contribution in [3.63, 3.8) is 0 Å². The number of aromatic hydroxyl groups is 1. The Balaban J connectivity index is 1.32. The molecule has 0 saturated carbocycles. The zero-order valence-corrected chi connectivity index (χ0v) is 25.7. The molecule has 234 valence electrons. The minimum absolute atomic E-state index is 0.0220. The van der Waals surface area contributed by atoms with Gasteiger partial charge >= 0.3 is 7.60 Å². The van der Waals surface area contributed by atoms with Crippen LogP contribution >= 0.6 is 7.60 Å². The molecule has 0 aromatic heterocycles. The Hall–Kier alpha value is -4.59. The van der Waals surface area contributed by atoms with E-state index in [2.05, 4.69) is 0 Å². The van der Waals surface area contributed by atoms with Gasteiger partial charge in [0, 0.05) is 17.7 Å². The molecule has 0 radical (unpaired) electrons. The molecule has 5 aromatic rings. The minimum Gasteiger partial charge on any atom is -0.508 e. The summed E-state index contributed by atoms with van der Waals surface area (Å²) in [6, 6.07) is 33.9. The van der Waals surface area contributed by atoms with Gasteiger partial charge in [0.15, 0.2) is 0 Å². The summed E-state index contributed by atoms with van der Waals surface area (Å²) in [5, 5.41) is 22.2. The van der Waals surface area contributed by atoms with Crippen molar-refractivity contribution in [2.75, 3.05) is 4.90 Å². The van der Waals surface area contributed by atoms with E-state index in [0.29, 0.717) is 40.8 Å². The van der Waals surface area contributed by atoms with Crippen molar-refractivity contribution in [1.29, 1.82) is 0 Å². The van der Waals surface area contributed by atoms with Crippen LogP contribution in [0.4, 0.5) is 10.1 Å². The molecule has 4 N–H and O–H groups in total. The molecular weight excluding hydrogens is 604 g/mol. The summed E-state index contributed by atoms with van der Waals surface area (Å²) in [7, 11) is -4.39. The van der Waals surface area contributed by atoms with Crippen LogP contribution in [0.3, 0.4) is 0 Å². The number of phenols is 1. The number of hydrogen-bond donors (Lipinski definition) is 4. The first-order valence-corrected chi connectivity index (χ1v) is 16.6. The first-order valence-electron chi connectivity index (χ1n) is 15.0. The third-order valence-corrected chi connectivity index (χ3v) is 9.61. The SMILES string of the molecule is O=C1C[C@@H](CC[C@H](O)c2ccc(F)cc2)[C@@H](c2ccc(-c3ccc(P(=O)(O)O)cc3)cc2O)N1c1ccc(-c2ccccc2)cc1. The number of aliphatic hydroxyl groups is 1. The van der Waals surface area contributed by atoms with Crippen molar-refractivity contribution in [2.24, 2.45) is 5.92 Å². The molecule has 5 aromatic carbocycles. The minimum atomic E-state index is -4.39. The number of rotatable bonds is 9. The fraction of sp³-hybridized carbons (Fsp3) is 0.162. The van der Waals surface area contributed by atoms with E-state index in [9.17, 15) is 33.7 Å². The van der Waals surface area contributed by atoms with Crippen LogP contribution < -0.4 is 10.2 Å². The number of aliphatic hydroxyl groups excluding tert-OH is 1. The fourth-order valence-corrected chi connectivity index (χ4v) is 6.79. The molecule has 1 saturated heterocycles. The van der Waals surface area contributed by atoms with Gasteiger partial charge in [-0.3, -0.25) is 9.36 Å². The largest absolute Gasteiger partial charge is 0.508 e. The van der Waals surface area contributed by atoms with Gasteiger partial charge < -0.3 is 24.9 Å². The summed E-state index contributed by atoms with van der Waals surface area (Å²) in [4.78, 5) is 34.3. The maximum absolute atomic E-state index is 13.7. The number of carbonyl (C=O) groups excluding carboxylic acids is 1. The first kappa shape index (κ1) is 31.4. The summed E-state index contributed by atoms with van der Waals surface area (Å²) >= 11 is 0. The summed E-state index contributed by atoms with van der Waals surface area (Å²) in [5.41, 5.74) is 5.19. The van der Waals surface area contributed by atoms with Gasteiger partial charge in [0.1, 0.15) is 11.6 Å². The van der Waals surface area contributed by atoms with Gasteiger partial charge in [0.2, 0.25) is 5.91 Å². The van der Waals surface area contributed by atoms with Crippen molar-refractivity contribution in [3.8, 4) is 28.0 Å². The number of hydrogen-bond acceptors (Lipinski definition) is 4. The molecule has 0 spiro atoms. The van der Waals surface area contributed by atoms with Gasteiger partial charge in [-0.05, 0) is 89.0 Å². The Kier molecular flexibility index (Phi) is 8.89. The highest BCUT2D eigenvalue weighted by molar-refractivity contribution is 7.60. The topological polar surface area (TPSA) is 118 Å². The standard InChI is InChI=1S/C37H33FNO6P/c38-30-14-6-27(7-15-30)34(40)21-13-29-23-36(42)39(31-16-8-25(9-17-31)24-4-2-1-3-5-24)37(29)33-20-12-28(22-35(33)41)26-10-18-32(19-11-26)46(43,44)45/h1-12,14-20,22,29,34,37,40-41H,13,21,23H2,(H2,43,44,45)/t29-,34+,37+/m1/s1. The van der Waals surface area contributed by atoms with Crippen molar-refractivity contribution in [2.45, 2.75) is 31.4 Å². The lowest BCUT2D eigenvalue weighted by Crippen LogP contribution is -2.29. The normalized spacial score (nSPS) is 17.3.